The Bertz CT molecular complexity index is 1400. The van der Waals surface area contributed by atoms with Crippen molar-refractivity contribution in [1.82, 2.24) is 25.3 Å². The number of benzene rings is 1. The van der Waals surface area contributed by atoms with Crippen molar-refractivity contribution in [3.05, 3.63) is 77.6 Å². The molecule has 0 aliphatic rings. The maximum atomic E-state index is 12.3. The Morgan fingerprint density at radius 1 is 1.31 bits per heavy atom. The Labute approximate surface area is 221 Å². The van der Waals surface area contributed by atoms with Gasteiger partial charge in [0.1, 0.15) is 33.5 Å². The van der Waals surface area contributed by atoms with Crippen LogP contribution in [0.25, 0.3) is 16.8 Å². The van der Waals surface area contributed by atoms with Crippen LogP contribution < -0.4 is 15.6 Å². The van der Waals surface area contributed by atoms with E-state index in [4.69, 9.17) is 21.4 Å². The van der Waals surface area contributed by atoms with Crippen LogP contribution in [0.2, 0.25) is 4.34 Å². The van der Waals surface area contributed by atoms with E-state index in [-0.39, 0.29) is 24.6 Å². The summed E-state index contributed by atoms with van der Waals surface area (Å²) in [7, 11) is 0. The van der Waals surface area contributed by atoms with E-state index in [1.807, 2.05) is 0 Å². The van der Waals surface area contributed by atoms with Gasteiger partial charge < -0.3 is 25.3 Å². The second kappa shape index (κ2) is 11.3. The Kier molecular flexibility index (Phi) is 8.18. The third-order valence-corrected chi connectivity index (χ3v) is 7.16. The SMILES string of the molecule is O=C(NCc1nnn(-c2ccc(-c3ccc[nH]c3=O)cc2OC[C@@H](O)CO)c1I)c1ccc(Cl)s1. The van der Waals surface area contributed by atoms with Crippen LogP contribution in [0.3, 0.4) is 0 Å². The maximum Gasteiger partial charge on any atom is 0.261 e. The lowest BCUT2D eigenvalue weighted by molar-refractivity contribution is 0.0535. The number of H-pyrrole nitrogens is 1. The van der Waals surface area contributed by atoms with Crippen molar-refractivity contribution in [2.24, 2.45) is 0 Å². The first kappa shape index (κ1) is 25.3. The van der Waals surface area contributed by atoms with Gasteiger partial charge in [0.15, 0.2) is 0 Å². The Balaban J connectivity index is 1.62. The fourth-order valence-electron chi connectivity index (χ4n) is 3.11. The number of amides is 1. The van der Waals surface area contributed by atoms with Gasteiger partial charge in [-0.15, -0.1) is 16.4 Å². The lowest BCUT2D eigenvalue weighted by atomic mass is 10.1. The van der Waals surface area contributed by atoms with E-state index in [9.17, 15) is 14.7 Å². The molecule has 0 radical (unpaired) electrons. The summed E-state index contributed by atoms with van der Waals surface area (Å²) in [4.78, 5) is 27.7. The molecule has 3 heterocycles. The third kappa shape index (κ3) is 5.90. The highest BCUT2D eigenvalue weighted by Gasteiger charge is 2.19. The topological polar surface area (TPSA) is 142 Å². The van der Waals surface area contributed by atoms with Crippen LogP contribution in [0.15, 0.2) is 53.5 Å². The van der Waals surface area contributed by atoms with E-state index in [1.54, 1.807) is 48.7 Å². The summed E-state index contributed by atoms with van der Waals surface area (Å²) in [6, 6.07) is 11.8. The minimum Gasteiger partial charge on any atom is -0.489 e. The molecule has 4 N–H and O–H groups in total. The monoisotopic (exact) mass is 627 g/mol. The highest BCUT2D eigenvalue weighted by molar-refractivity contribution is 14.1. The summed E-state index contributed by atoms with van der Waals surface area (Å²) in [5.74, 6) is 0.0524. The van der Waals surface area contributed by atoms with Crippen LogP contribution in [-0.4, -0.2) is 55.4 Å². The lowest BCUT2D eigenvalue weighted by Gasteiger charge is -2.15. The average Bonchev–Trinajstić information content (AvgIpc) is 3.46. The minimum atomic E-state index is -1.09. The first-order valence-corrected chi connectivity index (χ1v) is 12.5. The number of hydrogen-bond donors (Lipinski definition) is 4. The number of aromatic nitrogens is 4. The first-order chi connectivity index (χ1) is 16.9. The van der Waals surface area contributed by atoms with E-state index >= 15 is 0 Å². The number of pyridine rings is 1. The second-order valence-corrected chi connectivity index (χ2v) is 10.0. The molecule has 0 saturated carbocycles. The van der Waals surface area contributed by atoms with Crippen molar-refractivity contribution in [1.29, 1.82) is 0 Å². The number of halogens is 2. The highest BCUT2D eigenvalue weighted by atomic mass is 127. The number of carbonyl (C=O) groups excluding carboxylic acids is 1. The fraction of sp³-hybridized carbons (Fsp3) is 0.182. The Morgan fingerprint density at radius 2 is 2.14 bits per heavy atom. The third-order valence-electron chi connectivity index (χ3n) is 4.85. The smallest absolute Gasteiger partial charge is 0.261 e. The first-order valence-electron chi connectivity index (χ1n) is 10.2. The molecule has 0 saturated heterocycles. The lowest BCUT2D eigenvalue weighted by Crippen LogP contribution is -2.22. The summed E-state index contributed by atoms with van der Waals surface area (Å²) in [5, 5.41) is 30.1. The van der Waals surface area contributed by atoms with E-state index in [1.165, 1.54) is 16.0 Å². The largest absolute Gasteiger partial charge is 0.489 e. The molecule has 0 aliphatic carbocycles. The number of ether oxygens (including phenoxy) is 1. The number of carbonyl (C=O) groups is 1. The van der Waals surface area contributed by atoms with Gasteiger partial charge in [-0.3, -0.25) is 9.59 Å². The highest BCUT2D eigenvalue weighted by Crippen LogP contribution is 2.30. The van der Waals surface area contributed by atoms with Crippen molar-refractivity contribution in [2.75, 3.05) is 13.2 Å². The van der Waals surface area contributed by atoms with Crippen LogP contribution in [-0.2, 0) is 6.54 Å². The Hall–Kier alpha value is -2.78. The molecular formula is C22H19ClIN5O5S. The molecule has 3 aromatic heterocycles. The number of aromatic amines is 1. The molecule has 1 amide bonds. The van der Waals surface area contributed by atoms with Gasteiger partial charge in [0.05, 0.1) is 22.4 Å². The number of hydrogen-bond acceptors (Lipinski definition) is 8. The molecule has 0 bridgehead atoms. The van der Waals surface area contributed by atoms with Gasteiger partial charge >= 0.3 is 0 Å². The predicted molar refractivity (Wildman–Crippen MR) is 139 cm³/mol. The number of nitrogens with zero attached hydrogens (tertiary/aromatic N) is 3. The normalized spacial score (nSPS) is 11.9. The fourth-order valence-corrected chi connectivity index (χ4v) is 4.73. The van der Waals surface area contributed by atoms with Crippen molar-refractivity contribution in [3.8, 4) is 22.6 Å². The summed E-state index contributed by atoms with van der Waals surface area (Å²) in [5.41, 5.74) is 1.82. The molecule has 13 heteroatoms. The van der Waals surface area contributed by atoms with Gasteiger partial charge in [-0.2, -0.15) is 0 Å². The van der Waals surface area contributed by atoms with Gasteiger partial charge in [0, 0.05) is 11.8 Å². The number of rotatable bonds is 9. The van der Waals surface area contributed by atoms with Crippen molar-refractivity contribution in [3.63, 3.8) is 0 Å². The average molecular weight is 628 g/mol. The molecule has 0 aliphatic heterocycles. The van der Waals surface area contributed by atoms with Crippen molar-refractivity contribution < 1.29 is 19.7 Å². The van der Waals surface area contributed by atoms with Crippen molar-refractivity contribution >= 4 is 51.4 Å². The Morgan fingerprint density at radius 3 is 2.86 bits per heavy atom. The molecule has 4 rings (SSSR count). The molecule has 0 unspecified atom stereocenters. The predicted octanol–water partition coefficient (Wildman–Crippen LogP) is 2.60. The number of aliphatic hydroxyl groups is 2. The van der Waals surface area contributed by atoms with Gasteiger partial charge in [-0.1, -0.05) is 22.9 Å². The summed E-state index contributed by atoms with van der Waals surface area (Å²) in [6.07, 6.45) is 0.457. The standard InChI is InChI=1S/C22H19ClIN5O5S/c23-19-6-5-18(35-19)22(33)26-9-15-20(24)29(28-27-15)16-4-3-12(14-2-1-7-25-21(14)32)8-17(16)34-11-13(31)10-30/h1-8,13,30-31H,9-11H2,(H,25,32)(H,26,33)/t13-/m0/s1. The number of thiophene rings is 1. The second-order valence-electron chi connectivity index (χ2n) is 7.27. The van der Waals surface area contributed by atoms with Crippen LogP contribution in [0.4, 0.5) is 0 Å². The molecule has 1 aromatic carbocycles. The van der Waals surface area contributed by atoms with Crippen molar-refractivity contribution in [2.45, 2.75) is 12.6 Å². The maximum absolute atomic E-state index is 12.3. The summed E-state index contributed by atoms with van der Waals surface area (Å²) < 4.78 is 8.46. The van der Waals surface area contributed by atoms with Crippen LogP contribution in [0, 0.1) is 3.70 Å². The molecule has 182 valence electrons. The van der Waals surface area contributed by atoms with Crippen LogP contribution in [0.5, 0.6) is 5.75 Å². The molecule has 35 heavy (non-hydrogen) atoms. The van der Waals surface area contributed by atoms with Gasteiger partial charge in [0.25, 0.3) is 11.5 Å². The van der Waals surface area contributed by atoms with Gasteiger partial charge in [-0.25, -0.2) is 4.68 Å². The molecule has 0 fully saturated rings. The van der Waals surface area contributed by atoms with Gasteiger partial charge in [-0.05, 0) is 64.6 Å². The van der Waals surface area contributed by atoms with E-state index in [0.29, 0.717) is 41.2 Å². The number of nitrogens with one attached hydrogen (secondary N) is 2. The quantitative estimate of drug-likeness (QED) is 0.209. The van der Waals surface area contributed by atoms with Crippen LogP contribution >= 0.6 is 45.5 Å². The van der Waals surface area contributed by atoms with Gasteiger partial charge in [0.2, 0.25) is 0 Å². The zero-order valence-corrected chi connectivity index (χ0v) is 21.7. The van der Waals surface area contributed by atoms with E-state index in [2.05, 4.69) is 43.2 Å². The zero-order chi connectivity index (χ0) is 24.9. The molecule has 0 spiro atoms. The summed E-state index contributed by atoms with van der Waals surface area (Å²) >= 11 is 9.14. The molecule has 10 nitrogen and oxygen atoms in total. The van der Waals surface area contributed by atoms with Crippen LogP contribution in [0.1, 0.15) is 15.4 Å². The number of aliphatic hydroxyl groups excluding tert-OH is 2. The molecule has 1 atom stereocenters. The molecule has 4 aromatic rings. The zero-order valence-electron chi connectivity index (χ0n) is 17.9. The molecular weight excluding hydrogens is 609 g/mol. The van der Waals surface area contributed by atoms with E-state index < -0.39 is 12.7 Å². The summed E-state index contributed by atoms with van der Waals surface area (Å²) in [6.45, 7) is -0.493. The van der Waals surface area contributed by atoms with E-state index in [0.717, 1.165) is 0 Å². The minimum absolute atomic E-state index is 0.142.